The SMILES string of the molecule is C/C(=C/C(=O)NC(C)C(=O)O)C(C)(C)C. The van der Waals surface area contributed by atoms with Crippen LogP contribution in [0.2, 0.25) is 0 Å². The number of hydrogen-bond donors (Lipinski definition) is 2. The molecular formula is C11H19NO3. The molecular weight excluding hydrogens is 194 g/mol. The van der Waals surface area contributed by atoms with E-state index in [1.165, 1.54) is 13.0 Å². The Morgan fingerprint density at radius 3 is 2.13 bits per heavy atom. The van der Waals surface area contributed by atoms with E-state index < -0.39 is 12.0 Å². The molecule has 1 amide bonds. The predicted molar refractivity (Wildman–Crippen MR) is 58.5 cm³/mol. The second-order valence-corrected chi connectivity index (χ2v) is 4.65. The number of rotatable bonds is 3. The molecule has 0 bridgehead atoms. The lowest BCUT2D eigenvalue weighted by Gasteiger charge is -2.19. The highest BCUT2D eigenvalue weighted by Gasteiger charge is 2.16. The van der Waals surface area contributed by atoms with E-state index in [4.69, 9.17) is 5.11 Å². The zero-order valence-electron chi connectivity index (χ0n) is 9.92. The van der Waals surface area contributed by atoms with Gasteiger partial charge in [-0.25, -0.2) is 0 Å². The molecule has 0 fully saturated rings. The average molecular weight is 213 g/mol. The number of carbonyl (C=O) groups excluding carboxylic acids is 1. The third-order valence-electron chi connectivity index (χ3n) is 2.26. The van der Waals surface area contributed by atoms with Crippen molar-refractivity contribution < 1.29 is 14.7 Å². The number of carbonyl (C=O) groups is 2. The Morgan fingerprint density at radius 2 is 1.80 bits per heavy atom. The highest BCUT2D eigenvalue weighted by Crippen LogP contribution is 2.23. The Balaban J connectivity index is 4.44. The number of nitrogens with one attached hydrogen (secondary N) is 1. The quantitative estimate of drug-likeness (QED) is 0.699. The highest BCUT2D eigenvalue weighted by atomic mass is 16.4. The first kappa shape index (κ1) is 13.7. The normalized spacial score (nSPS) is 14.6. The second kappa shape index (κ2) is 4.96. The molecule has 4 nitrogen and oxygen atoms in total. The van der Waals surface area contributed by atoms with Crippen molar-refractivity contribution >= 4 is 11.9 Å². The number of hydrogen-bond acceptors (Lipinski definition) is 2. The van der Waals surface area contributed by atoms with Gasteiger partial charge < -0.3 is 10.4 Å². The van der Waals surface area contributed by atoms with Crippen molar-refractivity contribution in [3.63, 3.8) is 0 Å². The molecule has 0 radical (unpaired) electrons. The third kappa shape index (κ3) is 5.20. The van der Waals surface area contributed by atoms with Crippen molar-refractivity contribution in [3.8, 4) is 0 Å². The van der Waals surface area contributed by atoms with Gasteiger partial charge in [-0.1, -0.05) is 26.3 Å². The van der Waals surface area contributed by atoms with E-state index in [0.717, 1.165) is 5.57 Å². The number of aliphatic carboxylic acids is 1. The van der Waals surface area contributed by atoms with E-state index in [1.807, 2.05) is 27.7 Å². The van der Waals surface area contributed by atoms with Crippen molar-refractivity contribution in [2.75, 3.05) is 0 Å². The van der Waals surface area contributed by atoms with Gasteiger partial charge in [0.1, 0.15) is 6.04 Å². The molecule has 15 heavy (non-hydrogen) atoms. The Bertz CT molecular complexity index is 287. The lowest BCUT2D eigenvalue weighted by Crippen LogP contribution is -2.37. The van der Waals surface area contributed by atoms with Gasteiger partial charge in [-0.3, -0.25) is 9.59 Å². The minimum atomic E-state index is -1.04. The summed E-state index contributed by atoms with van der Waals surface area (Å²) in [6.45, 7) is 9.26. The summed E-state index contributed by atoms with van der Waals surface area (Å²) in [5, 5.41) is 11.0. The molecule has 1 atom stereocenters. The van der Waals surface area contributed by atoms with E-state index in [-0.39, 0.29) is 11.3 Å². The van der Waals surface area contributed by atoms with Crippen LogP contribution in [0.5, 0.6) is 0 Å². The first-order valence-electron chi connectivity index (χ1n) is 4.86. The fourth-order valence-corrected chi connectivity index (χ4v) is 0.730. The summed E-state index contributed by atoms with van der Waals surface area (Å²) in [6.07, 6.45) is 1.44. The van der Waals surface area contributed by atoms with Crippen LogP contribution < -0.4 is 5.32 Å². The lowest BCUT2D eigenvalue weighted by atomic mass is 9.87. The second-order valence-electron chi connectivity index (χ2n) is 4.65. The third-order valence-corrected chi connectivity index (χ3v) is 2.26. The molecule has 0 aliphatic heterocycles. The molecule has 0 aromatic heterocycles. The van der Waals surface area contributed by atoms with Gasteiger partial charge in [-0.2, -0.15) is 0 Å². The maximum Gasteiger partial charge on any atom is 0.325 e. The van der Waals surface area contributed by atoms with E-state index >= 15 is 0 Å². The summed E-state index contributed by atoms with van der Waals surface area (Å²) in [7, 11) is 0. The van der Waals surface area contributed by atoms with Crippen LogP contribution in [0.3, 0.4) is 0 Å². The molecule has 86 valence electrons. The molecule has 0 aliphatic carbocycles. The van der Waals surface area contributed by atoms with Gasteiger partial charge in [0.05, 0.1) is 0 Å². The fraction of sp³-hybridized carbons (Fsp3) is 0.636. The number of allylic oxidation sites excluding steroid dienone is 1. The lowest BCUT2D eigenvalue weighted by molar-refractivity contribution is -0.140. The Hall–Kier alpha value is -1.32. The molecule has 0 saturated heterocycles. The zero-order valence-corrected chi connectivity index (χ0v) is 9.92. The summed E-state index contributed by atoms with van der Waals surface area (Å²) < 4.78 is 0. The minimum Gasteiger partial charge on any atom is -0.480 e. The average Bonchev–Trinajstić information content (AvgIpc) is 2.01. The molecule has 0 aromatic carbocycles. The van der Waals surface area contributed by atoms with Gasteiger partial charge in [0, 0.05) is 6.08 Å². The Kier molecular flexibility index (Phi) is 4.52. The van der Waals surface area contributed by atoms with Gasteiger partial charge >= 0.3 is 5.97 Å². The number of amides is 1. The number of carboxylic acid groups (broad SMARTS) is 1. The molecule has 0 aromatic rings. The standard InChI is InChI=1S/C11H19NO3/c1-7(11(3,4)5)6-9(13)12-8(2)10(14)15/h6,8H,1-5H3,(H,12,13)(H,14,15)/b7-6-. The zero-order chi connectivity index (χ0) is 12.2. The molecule has 0 saturated carbocycles. The topological polar surface area (TPSA) is 66.4 Å². The Morgan fingerprint density at radius 1 is 1.33 bits per heavy atom. The van der Waals surface area contributed by atoms with Gasteiger partial charge in [0.15, 0.2) is 0 Å². The van der Waals surface area contributed by atoms with Crippen LogP contribution in [0, 0.1) is 5.41 Å². The van der Waals surface area contributed by atoms with Crippen LogP contribution >= 0.6 is 0 Å². The summed E-state index contributed by atoms with van der Waals surface area (Å²) in [5.74, 6) is -1.40. The number of carboxylic acids is 1. The largest absolute Gasteiger partial charge is 0.480 e. The smallest absolute Gasteiger partial charge is 0.325 e. The monoisotopic (exact) mass is 213 g/mol. The van der Waals surface area contributed by atoms with Crippen molar-refractivity contribution in [3.05, 3.63) is 11.6 Å². The molecule has 0 heterocycles. The first-order chi connectivity index (χ1) is 6.64. The predicted octanol–water partition coefficient (Wildman–Crippen LogP) is 1.57. The van der Waals surface area contributed by atoms with Gasteiger partial charge in [-0.15, -0.1) is 0 Å². The van der Waals surface area contributed by atoms with Gasteiger partial charge in [0.25, 0.3) is 0 Å². The van der Waals surface area contributed by atoms with Crippen molar-refractivity contribution in [2.24, 2.45) is 5.41 Å². The van der Waals surface area contributed by atoms with E-state index in [0.29, 0.717) is 0 Å². The highest BCUT2D eigenvalue weighted by molar-refractivity contribution is 5.91. The molecule has 1 unspecified atom stereocenters. The van der Waals surface area contributed by atoms with Crippen LogP contribution in [-0.4, -0.2) is 23.0 Å². The van der Waals surface area contributed by atoms with Crippen molar-refractivity contribution in [1.29, 1.82) is 0 Å². The van der Waals surface area contributed by atoms with Crippen LogP contribution in [0.15, 0.2) is 11.6 Å². The van der Waals surface area contributed by atoms with Crippen molar-refractivity contribution in [2.45, 2.75) is 40.7 Å². The maximum atomic E-state index is 11.4. The first-order valence-corrected chi connectivity index (χ1v) is 4.86. The Labute approximate surface area is 90.4 Å². The van der Waals surface area contributed by atoms with Crippen molar-refractivity contribution in [1.82, 2.24) is 5.32 Å². The van der Waals surface area contributed by atoms with Crippen LogP contribution in [0.4, 0.5) is 0 Å². The minimum absolute atomic E-state index is 0.0796. The summed E-state index contributed by atoms with van der Waals surface area (Å²) in [6, 6.07) is -0.860. The van der Waals surface area contributed by atoms with E-state index in [1.54, 1.807) is 0 Å². The summed E-state index contributed by atoms with van der Waals surface area (Å²) >= 11 is 0. The molecule has 0 aliphatic rings. The van der Waals surface area contributed by atoms with E-state index in [2.05, 4.69) is 5.32 Å². The van der Waals surface area contributed by atoms with Crippen LogP contribution in [0.25, 0.3) is 0 Å². The maximum absolute atomic E-state index is 11.4. The summed E-state index contributed by atoms with van der Waals surface area (Å²) in [4.78, 5) is 21.8. The molecule has 2 N–H and O–H groups in total. The van der Waals surface area contributed by atoms with Crippen LogP contribution in [-0.2, 0) is 9.59 Å². The van der Waals surface area contributed by atoms with Gasteiger partial charge in [0.2, 0.25) is 5.91 Å². The summed E-state index contributed by atoms with van der Waals surface area (Å²) in [5.41, 5.74) is 0.835. The van der Waals surface area contributed by atoms with Crippen LogP contribution in [0.1, 0.15) is 34.6 Å². The van der Waals surface area contributed by atoms with Gasteiger partial charge in [-0.05, 0) is 19.3 Å². The fourth-order valence-electron chi connectivity index (χ4n) is 0.730. The van der Waals surface area contributed by atoms with E-state index in [9.17, 15) is 9.59 Å². The molecule has 0 rings (SSSR count). The molecule has 4 heteroatoms. The molecule has 0 spiro atoms.